The molecule has 0 aromatic heterocycles. The largest absolute Gasteiger partial charge is 0.378 e. The second-order valence-electron chi connectivity index (χ2n) is 5.30. The number of benzene rings is 1. The van der Waals surface area contributed by atoms with Gasteiger partial charge in [0.1, 0.15) is 0 Å². The SMILES string of the molecule is CC(=O)NC1CCN(c2ccc3c(c2)NC(=O)C3O)C1. The molecule has 0 aliphatic carbocycles. The van der Waals surface area contributed by atoms with Crippen molar-refractivity contribution in [2.75, 3.05) is 23.3 Å². The van der Waals surface area contributed by atoms with Crippen molar-refractivity contribution in [1.29, 1.82) is 0 Å². The lowest BCUT2D eigenvalue weighted by molar-refractivity contribution is -0.123. The Kier molecular flexibility index (Phi) is 3.10. The normalized spacial score (nSPS) is 24.5. The molecule has 0 spiro atoms. The smallest absolute Gasteiger partial charge is 0.257 e. The lowest BCUT2D eigenvalue weighted by Gasteiger charge is -2.19. The Morgan fingerprint density at radius 3 is 3.05 bits per heavy atom. The molecular formula is C14H17N3O3. The third-order valence-corrected chi connectivity index (χ3v) is 3.80. The van der Waals surface area contributed by atoms with Gasteiger partial charge in [-0.15, -0.1) is 0 Å². The van der Waals surface area contributed by atoms with Gasteiger partial charge >= 0.3 is 0 Å². The van der Waals surface area contributed by atoms with Crippen molar-refractivity contribution in [3.05, 3.63) is 23.8 Å². The quantitative estimate of drug-likeness (QED) is 0.729. The molecule has 6 nitrogen and oxygen atoms in total. The van der Waals surface area contributed by atoms with Gasteiger partial charge in [0.15, 0.2) is 6.10 Å². The third kappa shape index (κ3) is 2.22. The molecule has 2 heterocycles. The van der Waals surface area contributed by atoms with Crippen LogP contribution in [0, 0.1) is 0 Å². The third-order valence-electron chi connectivity index (χ3n) is 3.80. The summed E-state index contributed by atoms with van der Waals surface area (Å²) in [4.78, 5) is 24.6. The van der Waals surface area contributed by atoms with E-state index >= 15 is 0 Å². The molecule has 2 aliphatic heterocycles. The van der Waals surface area contributed by atoms with E-state index in [1.165, 1.54) is 6.92 Å². The van der Waals surface area contributed by atoms with Crippen molar-refractivity contribution < 1.29 is 14.7 Å². The van der Waals surface area contributed by atoms with E-state index in [-0.39, 0.29) is 17.9 Å². The van der Waals surface area contributed by atoms with Crippen LogP contribution in [0.3, 0.4) is 0 Å². The molecule has 1 fully saturated rings. The van der Waals surface area contributed by atoms with Crippen LogP contribution < -0.4 is 15.5 Å². The molecule has 6 heteroatoms. The second kappa shape index (κ2) is 4.79. The predicted molar refractivity (Wildman–Crippen MR) is 74.5 cm³/mol. The topological polar surface area (TPSA) is 81.7 Å². The van der Waals surface area contributed by atoms with Crippen LogP contribution in [0.5, 0.6) is 0 Å². The molecule has 0 bridgehead atoms. The fourth-order valence-corrected chi connectivity index (χ4v) is 2.83. The Balaban J connectivity index is 1.75. The second-order valence-corrected chi connectivity index (χ2v) is 5.30. The van der Waals surface area contributed by atoms with Crippen molar-refractivity contribution >= 4 is 23.2 Å². The highest BCUT2D eigenvalue weighted by Gasteiger charge is 2.30. The molecule has 2 amide bonds. The van der Waals surface area contributed by atoms with Gasteiger partial charge in [-0.05, 0) is 18.6 Å². The number of rotatable bonds is 2. The fraction of sp³-hybridized carbons (Fsp3) is 0.429. The van der Waals surface area contributed by atoms with Crippen LogP contribution in [0.4, 0.5) is 11.4 Å². The number of nitrogens with one attached hydrogen (secondary N) is 2. The summed E-state index contributed by atoms with van der Waals surface area (Å²) in [5, 5.41) is 15.3. The van der Waals surface area contributed by atoms with Gasteiger partial charge < -0.3 is 20.6 Å². The average molecular weight is 275 g/mol. The number of nitrogens with zero attached hydrogens (tertiary/aromatic N) is 1. The number of aliphatic hydroxyl groups excluding tert-OH is 1. The van der Waals surface area contributed by atoms with Gasteiger partial charge in [0.25, 0.3) is 5.91 Å². The maximum Gasteiger partial charge on any atom is 0.257 e. The summed E-state index contributed by atoms with van der Waals surface area (Å²) in [7, 11) is 0. The highest BCUT2D eigenvalue weighted by molar-refractivity contribution is 6.02. The molecule has 2 unspecified atom stereocenters. The Morgan fingerprint density at radius 1 is 1.50 bits per heavy atom. The van der Waals surface area contributed by atoms with E-state index in [9.17, 15) is 14.7 Å². The van der Waals surface area contributed by atoms with Crippen LogP contribution in [0.2, 0.25) is 0 Å². The Bertz CT molecular complexity index is 573. The number of anilines is 2. The maximum absolute atomic E-state index is 11.4. The van der Waals surface area contributed by atoms with E-state index in [1.54, 1.807) is 6.07 Å². The molecule has 20 heavy (non-hydrogen) atoms. The first-order valence-corrected chi connectivity index (χ1v) is 6.69. The Hall–Kier alpha value is -2.08. The Morgan fingerprint density at radius 2 is 2.30 bits per heavy atom. The van der Waals surface area contributed by atoms with Crippen LogP contribution in [0.25, 0.3) is 0 Å². The zero-order valence-electron chi connectivity index (χ0n) is 11.2. The molecule has 0 radical (unpaired) electrons. The molecule has 2 atom stereocenters. The molecule has 2 aliphatic rings. The standard InChI is InChI=1S/C14H17N3O3/c1-8(18)15-9-4-5-17(7-9)10-2-3-11-12(6-10)16-14(20)13(11)19/h2-3,6,9,13,19H,4-5,7H2,1H3,(H,15,18)(H,16,20). The van der Waals surface area contributed by atoms with Gasteiger partial charge in [-0.25, -0.2) is 0 Å². The molecule has 1 aromatic carbocycles. The van der Waals surface area contributed by atoms with Gasteiger partial charge in [0.2, 0.25) is 5.91 Å². The molecule has 1 saturated heterocycles. The number of hydrogen-bond donors (Lipinski definition) is 3. The van der Waals surface area contributed by atoms with E-state index < -0.39 is 6.10 Å². The lowest BCUT2D eigenvalue weighted by atomic mass is 10.1. The van der Waals surface area contributed by atoms with Crippen LogP contribution in [0.15, 0.2) is 18.2 Å². The summed E-state index contributed by atoms with van der Waals surface area (Å²) in [6.45, 7) is 3.14. The van der Waals surface area contributed by atoms with Crippen LogP contribution >= 0.6 is 0 Å². The van der Waals surface area contributed by atoms with Gasteiger partial charge in [-0.3, -0.25) is 9.59 Å². The number of amides is 2. The average Bonchev–Trinajstić information content (AvgIpc) is 2.95. The summed E-state index contributed by atoms with van der Waals surface area (Å²) in [6, 6.07) is 5.72. The van der Waals surface area contributed by atoms with Crippen LogP contribution in [-0.4, -0.2) is 36.1 Å². The Labute approximate surface area is 116 Å². The minimum atomic E-state index is -1.07. The molecular weight excluding hydrogens is 258 g/mol. The van der Waals surface area contributed by atoms with E-state index in [0.717, 1.165) is 25.2 Å². The van der Waals surface area contributed by atoms with Gasteiger partial charge in [-0.1, -0.05) is 6.07 Å². The molecule has 1 aromatic rings. The predicted octanol–water partition coefficient (Wildman–Crippen LogP) is 0.387. The summed E-state index contributed by atoms with van der Waals surface area (Å²) in [6.07, 6.45) is -0.157. The molecule has 3 rings (SSSR count). The lowest BCUT2D eigenvalue weighted by Crippen LogP contribution is -2.35. The molecule has 0 saturated carbocycles. The van der Waals surface area contributed by atoms with Crippen molar-refractivity contribution in [2.24, 2.45) is 0 Å². The summed E-state index contributed by atoms with van der Waals surface area (Å²) in [5.41, 5.74) is 2.28. The number of aliphatic hydroxyl groups is 1. The number of carbonyl (C=O) groups is 2. The molecule has 106 valence electrons. The fourth-order valence-electron chi connectivity index (χ4n) is 2.83. The summed E-state index contributed by atoms with van der Waals surface area (Å²) >= 11 is 0. The number of carbonyl (C=O) groups excluding carboxylic acids is 2. The van der Waals surface area contributed by atoms with E-state index in [0.29, 0.717) is 11.3 Å². The van der Waals surface area contributed by atoms with Crippen LogP contribution in [0.1, 0.15) is 25.0 Å². The minimum Gasteiger partial charge on any atom is -0.378 e. The van der Waals surface area contributed by atoms with E-state index in [1.807, 2.05) is 12.1 Å². The zero-order chi connectivity index (χ0) is 14.3. The van der Waals surface area contributed by atoms with Gasteiger partial charge in [-0.2, -0.15) is 0 Å². The monoisotopic (exact) mass is 275 g/mol. The van der Waals surface area contributed by atoms with Crippen molar-refractivity contribution in [3.63, 3.8) is 0 Å². The minimum absolute atomic E-state index is 0.0128. The van der Waals surface area contributed by atoms with E-state index in [2.05, 4.69) is 15.5 Å². The molecule has 3 N–H and O–H groups in total. The highest BCUT2D eigenvalue weighted by atomic mass is 16.3. The summed E-state index contributed by atoms with van der Waals surface area (Å²) in [5.74, 6) is -0.393. The van der Waals surface area contributed by atoms with Crippen molar-refractivity contribution in [1.82, 2.24) is 5.32 Å². The van der Waals surface area contributed by atoms with Crippen LogP contribution in [-0.2, 0) is 9.59 Å². The first-order valence-electron chi connectivity index (χ1n) is 6.69. The first-order chi connectivity index (χ1) is 9.54. The zero-order valence-corrected chi connectivity index (χ0v) is 11.2. The maximum atomic E-state index is 11.4. The van der Waals surface area contributed by atoms with Crippen molar-refractivity contribution in [2.45, 2.75) is 25.5 Å². The first kappa shape index (κ1) is 12.9. The highest BCUT2D eigenvalue weighted by Crippen LogP contribution is 2.34. The van der Waals surface area contributed by atoms with E-state index in [4.69, 9.17) is 0 Å². The van der Waals surface area contributed by atoms with Crippen molar-refractivity contribution in [3.8, 4) is 0 Å². The number of hydrogen-bond acceptors (Lipinski definition) is 4. The number of fused-ring (bicyclic) bond motifs is 1. The summed E-state index contributed by atoms with van der Waals surface area (Å²) < 4.78 is 0. The van der Waals surface area contributed by atoms with Gasteiger partial charge in [0, 0.05) is 43.0 Å². The van der Waals surface area contributed by atoms with Gasteiger partial charge in [0.05, 0.1) is 0 Å².